The quantitative estimate of drug-likeness (QED) is 0.747. The van der Waals surface area contributed by atoms with E-state index in [0.717, 1.165) is 5.56 Å². The summed E-state index contributed by atoms with van der Waals surface area (Å²) in [7, 11) is 0. The van der Waals surface area contributed by atoms with Crippen molar-refractivity contribution in [2.75, 3.05) is 6.61 Å². The summed E-state index contributed by atoms with van der Waals surface area (Å²) < 4.78 is 18.6. The molecule has 0 aliphatic heterocycles. The Balaban J connectivity index is 1.60. The van der Waals surface area contributed by atoms with Crippen LogP contribution in [0.5, 0.6) is 5.75 Å². The van der Waals surface area contributed by atoms with E-state index in [1.165, 1.54) is 12.1 Å². The summed E-state index contributed by atoms with van der Waals surface area (Å²) in [6.07, 6.45) is 6.47. The number of aromatic nitrogens is 3. The first-order chi connectivity index (χ1) is 12.2. The van der Waals surface area contributed by atoms with Crippen molar-refractivity contribution >= 4 is 5.91 Å². The van der Waals surface area contributed by atoms with Gasteiger partial charge in [-0.2, -0.15) is 0 Å². The minimum Gasteiger partial charge on any atom is -0.481 e. The van der Waals surface area contributed by atoms with Crippen molar-refractivity contribution in [3.05, 3.63) is 72.7 Å². The fraction of sp³-hybridized carbons (Fsp3) is 0.111. The molecule has 1 amide bonds. The summed E-state index contributed by atoms with van der Waals surface area (Å²) in [6.45, 7) is -0.100. The van der Waals surface area contributed by atoms with Crippen LogP contribution in [0.25, 0.3) is 11.3 Å². The smallest absolute Gasteiger partial charge is 0.258 e. The van der Waals surface area contributed by atoms with Crippen LogP contribution in [0.4, 0.5) is 4.39 Å². The molecule has 0 aliphatic carbocycles. The molecule has 0 radical (unpaired) electrons. The van der Waals surface area contributed by atoms with E-state index in [0.29, 0.717) is 11.4 Å². The molecule has 0 atom stereocenters. The van der Waals surface area contributed by atoms with Crippen LogP contribution < -0.4 is 10.1 Å². The van der Waals surface area contributed by atoms with Crippen LogP contribution in [0.3, 0.4) is 0 Å². The molecule has 1 N–H and O–H groups in total. The lowest BCUT2D eigenvalue weighted by Crippen LogP contribution is -2.29. The van der Waals surface area contributed by atoms with Gasteiger partial charge in [-0.15, -0.1) is 0 Å². The van der Waals surface area contributed by atoms with Crippen LogP contribution in [0, 0.1) is 5.82 Å². The van der Waals surface area contributed by atoms with E-state index in [9.17, 15) is 9.18 Å². The maximum Gasteiger partial charge on any atom is 0.258 e. The molecule has 6 nitrogen and oxygen atoms in total. The number of para-hydroxylation sites is 1. The zero-order valence-corrected chi connectivity index (χ0v) is 13.2. The first-order valence-corrected chi connectivity index (χ1v) is 7.58. The Labute approximate surface area is 143 Å². The van der Waals surface area contributed by atoms with Gasteiger partial charge in [-0.1, -0.05) is 12.1 Å². The Morgan fingerprint density at radius 1 is 1.04 bits per heavy atom. The Morgan fingerprint density at radius 2 is 1.80 bits per heavy atom. The number of pyridine rings is 1. The molecular weight excluding hydrogens is 323 g/mol. The molecule has 1 aromatic carbocycles. The van der Waals surface area contributed by atoms with Crippen molar-refractivity contribution < 1.29 is 13.9 Å². The summed E-state index contributed by atoms with van der Waals surface area (Å²) >= 11 is 0. The summed E-state index contributed by atoms with van der Waals surface area (Å²) in [5.41, 5.74) is 2.14. The topological polar surface area (TPSA) is 77.0 Å². The van der Waals surface area contributed by atoms with Crippen molar-refractivity contribution in [2.24, 2.45) is 0 Å². The molecule has 0 spiro atoms. The summed E-state index contributed by atoms with van der Waals surface area (Å²) in [5.74, 6) is -0.853. The largest absolute Gasteiger partial charge is 0.481 e. The lowest BCUT2D eigenvalue weighted by atomic mass is 10.1. The maximum atomic E-state index is 13.5. The minimum absolute atomic E-state index is 0.0367. The third-order valence-corrected chi connectivity index (χ3v) is 3.38. The molecule has 3 aromatic rings. The highest BCUT2D eigenvalue weighted by Gasteiger charge is 2.10. The number of benzene rings is 1. The van der Waals surface area contributed by atoms with E-state index in [1.54, 1.807) is 36.9 Å². The highest BCUT2D eigenvalue weighted by Crippen LogP contribution is 2.18. The number of ether oxygens (including phenoxy) is 1. The number of rotatable bonds is 6. The summed E-state index contributed by atoms with van der Waals surface area (Å²) in [6, 6.07) is 9.56. The van der Waals surface area contributed by atoms with Crippen LogP contribution >= 0.6 is 0 Å². The molecular formula is C18H15FN4O2. The standard InChI is InChI=1S/C18H15FN4O2/c19-14-3-1-2-4-16(14)25-12-17(24)23-11-15-18(22-10-9-21-15)13-5-7-20-8-6-13/h1-10H,11-12H2,(H,23,24). The van der Waals surface area contributed by atoms with Gasteiger partial charge in [-0.25, -0.2) is 4.39 Å². The zero-order chi connectivity index (χ0) is 17.5. The highest BCUT2D eigenvalue weighted by molar-refractivity contribution is 5.77. The molecule has 126 valence electrons. The van der Waals surface area contributed by atoms with Gasteiger partial charge in [-0.05, 0) is 24.3 Å². The third kappa shape index (κ3) is 4.35. The van der Waals surface area contributed by atoms with Gasteiger partial charge < -0.3 is 10.1 Å². The normalized spacial score (nSPS) is 10.3. The van der Waals surface area contributed by atoms with E-state index in [4.69, 9.17) is 4.74 Å². The van der Waals surface area contributed by atoms with Crippen LogP contribution in [-0.2, 0) is 11.3 Å². The van der Waals surface area contributed by atoms with Crippen LogP contribution in [0.15, 0.2) is 61.2 Å². The van der Waals surface area contributed by atoms with Crippen LogP contribution in [0.2, 0.25) is 0 Å². The van der Waals surface area contributed by atoms with Gasteiger partial charge in [0.05, 0.1) is 17.9 Å². The molecule has 25 heavy (non-hydrogen) atoms. The maximum absolute atomic E-state index is 13.5. The van der Waals surface area contributed by atoms with Crippen molar-refractivity contribution in [3.63, 3.8) is 0 Å². The Bertz CT molecular complexity index is 858. The second kappa shape index (κ2) is 7.96. The molecule has 0 unspecified atom stereocenters. The first-order valence-electron chi connectivity index (χ1n) is 7.58. The first kappa shape index (κ1) is 16.5. The van der Waals surface area contributed by atoms with Gasteiger partial charge in [0.15, 0.2) is 18.2 Å². The molecule has 0 aliphatic rings. The molecule has 7 heteroatoms. The summed E-state index contributed by atoms with van der Waals surface area (Å²) in [5, 5.41) is 2.69. The van der Waals surface area contributed by atoms with Crippen molar-refractivity contribution in [1.29, 1.82) is 0 Å². The van der Waals surface area contributed by atoms with E-state index in [1.807, 2.05) is 12.1 Å². The Morgan fingerprint density at radius 3 is 2.60 bits per heavy atom. The van der Waals surface area contributed by atoms with Crippen LogP contribution in [0.1, 0.15) is 5.69 Å². The second-order valence-electron chi connectivity index (χ2n) is 5.08. The summed E-state index contributed by atoms with van der Waals surface area (Å²) in [4.78, 5) is 24.5. The second-order valence-corrected chi connectivity index (χ2v) is 5.08. The number of nitrogens with one attached hydrogen (secondary N) is 1. The van der Waals surface area contributed by atoms with Gasteiger partial charge in [0.2, 0.25) is 0 Å². The Hall–Kier alpha value is -3.35. The van der Waals surface area contributed by atoms with Gasteiger partial charge in [0, 0.05) is 30.4 Å². The number of carbonyl (C=O) groups excluding carboxylic acids is 1. The number of halogens is 1. The van der Waals surface area contributed by atoms with Gasteiger partial charge in [0.1, 0.15) is 0 Å². The van der Waals surface area contributed by atoms with Crippen LogP contribution in [-0.4, -0.2) is 27.5 Å². The highest BCUT2D eigenvalue weighted by atomic mass is 19.1. The van der Waals surface area contributed by atoms with E-state index in [2.05, 4.69) is 20.3 Å². The predicted octanol–water partition coefficient (Wildman–Crippen LogP) is 2.37. The number of hydrogen-bond acceptors (Lipinski definition) is 5. The van der Waals surface area contributed by atoms with Crippen molar-refractivity contribution in [1.82, 2.24) is 20.3 Å². The average molecular weight is 338 g/mol. The monoisotopic (exact) mass is 338 g/mol. The molecule has 0 fully saturated rings. The van der Waals surface area contributed by atoms with Gasteiger partial charge in [0.25, 0.3) is 5.91 Å². The Kier molecular flexibility index (Phi) is 5.26. The molecule has 0 bridgehead atoms. The van der Waals surface area contributed by atoms with Gasteiger partial charge >= 0.3 is 0 Å². The molecule has 0 saturated heterocycles. The fourth-order valence-corrected chi connectivity index (χ4v) is 2.19. The minimum atomic E-state index is -0.510. The molecule has 2 heterocycles. The average Bonchev–Trinajstić information content (AvgIpc) is 2.66. The molecule has 0 saturated carbocycles. The van der Waals surface area contributed by atoms with E-state index >= 15 is 0 Å². The van der Waals surface area contributed by atoms with Crippen molar-refractivity contribution in [3.8, 4) is 17.0 Å². The van der Waals surface area contributed by atoms with E-state index in [-0.39, 0.29) is 24.8 Å². The lowest BCUT2D eigenvalue weighted by Gasteiger charge is -2.10. The number of carbonyl (C=O) groups is 1. The molecule has 3 rings (SSSR count). The molecule has 2 aromatic heterocycles. The number of hydrogen-bond donors (Lipinski definition) is 1. The van der Waals surface area contributed by atoms with Crippen molar-refractivity contribution in [2.45, 2.75) is 6.54 Å². The predicted molar refractivity (Wildman–Crippen MR) is 89.0 cm³/mol. The zero-order valence-electron chi connectivity index (χ0n) is 13.2. The fourth-order valence-electron chi connectivity index (χ4n) is 2.19. The number of nitrogens with zero attached hydrogens (tertiary/aromatic N) is 3. The third-order valence-electron chi connectivity index (χ3n) is 3.38. The number of amides is 1. The van der Waals surface area contributed by atoms with Gasteiger partial charge in [-0.3, -0.25) is 19.7 Å². The lowest BCUT2D eigenvalue weighted by molar-refractivity contribution is -0.123. The van der Waals surface area contributed by atoms with E-state index < -0.39 is 5.82 Å². The SMILES string of the molecule is O=C(COc1ccccc1F)NCc1nccnc1-c1ccncc1.